The van der Waals surface area contributed by atoms with Gasteiger partial charge in [0.15, 0.2) is 0 Å². The molecule has 2 aromatic carbocycles. The van der Waals surface area contributed by atoms with Crippen LogP contribution in [0.15, 0.2) is 36.4 Å². The minimum absolute atomic E-state index is 0.151. The number of methoxy groups -OCH3 is 1. The molecule has 3 aliphatic heterocycles. The van der Waals surface area contributed by atoms with Crippen molar-refractivity contribution in [3.63, 3.8) is 0 Å². The summed E-state index contributed by atoms with van der Waals surface area (Å²) >= 11 is 6.47. The Labute approximate surface area is 330 Å². The van der Waals surface area contributed by atoms with Gasteiger partial charge in [0, 0.05) is 61.9 Å². The van der Waals surface area contributed by atoms with Crippen LogP contribution in [0.4, 0.5) is 5.69 Å². The van der Waals surface area contributed by atoms with E-state index in [4.69, 9.17) is 25.8 Å². The van der Waals surface area contributed by atoms with Crippen molar-refractivity contribution in [2.75, 3.05) is 77.7 Å². The molecule has 2 aromatic rings. The Morgan fingerprint density at radius 1 is 0.944 bits per heavy atom. The van der Waals surface area contributed by atoms with Gasteiger partial charge in [-0.3, -0.25) is 19.2 Å². The maximum atomic E-state index is 13.6. The lowest BCUT2D eigenvalue weighted by Gasteiger charge is -2.42. The summed E-state index contributed by atoms with van der Waals surface area (Å²) in [6.07, 6.45) is 9.05. The molecule has 2 amide bonds. The lowest BCUT2D eigenvalue weighted by Crippen LogP contribution is -2.55. The highest BCUT2D eigenvalue weighted by Crippen LogP contribution is 2.44. The molecule has 2 bridgehead atoms. The van der Waals surface area contributed by atoms with E-state index in [9.17, 15) is 13.8 Å². The molecule has 54 heavy (non-hydrogen) atoms. The maximum Gasteiger partial charge on any atom is 0.263 e. The van der Waals surface area contributed by atoms with Crippen molar-refractivity contribution in [1.82, 2.24) is 14.5 Å². The van der Waals surface area contributed by atoms with E-state index in [0.717, 1.165) is 93.9 Å². The number of hydrogen-bond acceptors (Lipinski definition) is 8. The van der Waals surface area contributed by atoms with Crippen LogP contribution in [-0.2, 0) is 37.1 Å². The number of carbonyl (C=O) groups excluding carboxylic acids is 2. The second-order valence-corrected chi connectivity index (χ2v) is 18.1. The molecule has 6 rings (SSSR count). The molecule has 0 saturated carbocycles. The minimum atomic E-state index is -1.54. The fourth-order valence-corrected chi connectivity index (χ4v) is 10.3. The van der Waals surface area contributed by atoms with Crippen LogP contribution in [0.2, 0.25) is 5.02 Å². The molecule has 10 nitrogen and oxygen atoms in total. The van der Waals surface area contributed by atoms with Gasteiger partial charge in [-0.1, -0.05) is 44.4 Å². The standard InChI is InChI=1S/C42H61ClN4O6S/c1-30-10-7-12-37(46-20-19-45(40(48)27-46)21-22-52-24-23-51-4)31(2)9-5-6-18-47-28-42(17-8-11-33-25-35(43)14-15-36(33)42)29-53-39-16-13-34(26-38(39)47)41(49)44-54(50)32(30)3/h13-16,25-26,30-32,37H,5-12,17-24,27-29H2,1-4H3,(H,44,49)/t30?,31?,32?,37?,42-,54?/m0/s1. The number of benzene rings is 2. The number of nitrogens with zero attached hydrogens (tertiary/aromatic N) is 3. The summed E-state index contributed by atoms with van der Waals surface area (Å²) in [5, 5.41) is 0.555. The van der Waals surface area contributed by atoms with Crippen molar-refractivity contribution in [3.05, 3.63) is 58.1 Å². The number of amides is 2. The third-order valence-corrected chi connectivity index (χ3v) is 14.3. The van der Waals surface area contributed by atoms with Gasteiger partial charge in [-0.25, -0.2) is 4.21 Å². The fourth-order valence-electron chi connectivity index (χ4n) is 9.08. The van der Waals surface area contributed by atoms with Crippen LogP contribution in [0.5, 0.6) is 5.75 Å². The molecule has 4 aliphatic rings. The van der Waals surface area contributed by atoms with E-state index in [1.54, 1.807) is 13.2 Å². The Bertz CT molecular complexity index is 1630. The third-order valence-electron chi connectivity index (χ3n) is 12.5. The van der Waals surface area contributed by atoms with Crippen LogP contribution >= 0.6 is 11.6 Å². The zero-order chi connectivity index (χ0) is 38.2. The summed E-state index contributed by atoms with van der Waals surface area (Å²) < 4.78 is 33.7. The topological polar surface area (TPSA) is 101 Å². The molecule has 3 heterocycles. The number of carbonyl (C=O) groups is 2. The lowest BCUT2D eigenvalue weighted by molar-refractivity contribution is -0.138. The normalized spacial score (nSPS) is 29.1. The largest absolute Gasteiger partial charge is 0.490 e. The van der Waals surface area contributed by atoms with Gasteiger partial charge < -0.3 is 24.0 Å². The van der Waals surface area contributed by atoms with Gasteiger partial charge in [-0.2, -0.15) is 0 Å². The summed E-state index contributed by atoms with van der Waals surface area (Å²) in [4.78, 5) is 33.8. The van der Waals surface area contributed by atoms with Gasteiger partial charge in [0.1, 0.15) is 16.7 Å². The van der Waals surface area contributed by atoms with E-state index in [-0.39, 0.29) is 34.4 Å². The predicted molar refractivity (Wildman–Crippen MR) is 216 cm³/mol. The summed E-state index contributed by atoms with van der Waals surface area (Å²) in [5.74, 6) is 1.18. The number of hydrogen-bond donors (Lipinski definition) is 1. The fraction of sp³-hybridized carbons (Fsp3) is 0.667. The van der Waals surface area contributed by atoms with Crippen molar-refractivity contribution in [3.8, 4) is 5.75 Å². The Balaban J connectivity index is 1.22. The average Bonchev–Trinajstić information content (AvgIpc) is 3.31. The summed E-state index contributed by atoms with van der Waals surface area (Å²) in [6, 6.07) is 12.2. The van der Waals surface area contributed by atoms with Crippen molar-refractivity contribution < 1.29 is 28.0 Å². The molecular weight excluding hydrogens is 724 g/mol. The van der Waals surface area contributed by atoms with E-state index in [1.165, 1.54) is 11.1 Å². The molecule has 12 heteroatoms. The van der Waals surface area contributed by atoms with Crippen LogP contribution in [0, 0.1) is 11.8 Å². The van der Waals surface area contributed by atoms with Crippen LogP contribution in [0.1, 0.15) is 93.6 Å². The van der Waals surface area contributed by atoms with Gasteiger partial charge in [-0.15, -0.1) is 0 Å². The molecule has 1 N–H and O–H groups in total. The Kier molecular flexibility index (Phi) is 14.4. The van der Waals surface area contributed by atoms with Gasteiger partial charge >= 0.3 is 0 Å². The first kappa shape index (κ1) is 40.9. The van der Waals surface area contributed by atoms with Crippen LogP contribution in [0.25, 0.3) is 0 Å². The number of piperazine rings is 1. The molecule has 1 aliphatic carbocycles. The molecule has 0 radical (unpaired) electrons. The number of nitrogens with one attached hydrogen (secondary N) is 1. The van der Waals surface area contributed by atoms with E-state index in [1.807, 2.05) is 30.0 Å². The summed E-state index contributed by atoms with van der Waals surface area (Å²) in [7, 11) is 0.116. The molecule has 298 valence electrons. The minimum Gasteiger partial charge on any atom is -0.490 e. The van der Waals surface area contributed by atoms with E-state index in [0.29, 0.717) is 57.5 Å². The summed E-state index contributed by atoms with van der Waals surface area (Å²) in [5.41, 5.74) is 3.82. The van der Waals surface area contributed by atoms with Crippen LogP contribution in [-0.4, -0.2) is 110 Å². The third kappa shape index (κ3) is 9.81. The molecule has 1 fully saturated rings. The average molecular weight is 785 g/mol. The SMILES string of the molecule is COCCOCCN1CCN(C2CCCC(C)C(C)S(=O)NC(=O)c3ccc4c(c3)N(CCCCC2C)C[C@@]2(CCCc3cc(Cl)ccc32)CO4)CC1=O. The van der Waals surface area contributed by atoms with E-state index in [2.05, 4.69) is 40.5 Å². The molecule has 1 saturated heterocycles. The Hall–Kier alpha value is -2.70. The maximum absolute atomic E-state index is 13.6. The van der Waals surface area contributed by atoms with Gasteiger partial charge in [0.2, 0.25) is 5.91 Å². The number of ether oxygens (including phenoxy) is 3. The van der Waals surface area contributed by atoms with Crippen molar-refractivity contribution in [1.29, 1.82) is 0 Å². The van der Waals surface area contributed by atoms with Gasteiger partial charge in [0.25, 0.3) is 5.91 Å². The highest BCUT2D eigenvalue weighted by molar-refractivity contribution is 7.84. The first-order valence-corrected chi connectivity index (χ1v) is 21.8. The van der Waals surface area contributed by atoms with Gasteiger partial charge in [-0.05, 0) is 105 Å². The monoisotopic (exact) mass is 784 g/mol. The first-order chi connectivity index (χ1) is 26.1. The number of aryl methyl sites for hydroxylation is 1. The molecule has 5 unspecified atom stereocenters. The highest BCUT2D eigenvalue weighted by atomic mass is 35.5. The Morgan fingerprint density at radius 2 is 1.78 bits per heavy atom. The Morgan fingerprint density at radius 3 is 2.59 bits per heavy atom. The second-order valence-electron chi connectivity index (χ2n) is 16.2. The van der Waals surface area contributed by atoms with Crippen LogP contribution < -0.4 is 14.4 Å². The van der Waals surface area contributed by atoms with Crippen LogP contribution in [0.3, 0.4) is 0 Å². The number of fused-ring (bicyclic) bond motifs is 3. The number of rotatable bonds is 7. The highest BCUT2D eigenvalue weighted by Gasteiger charge is 2.42. The zero-order valence-electron chi connectivity index (χ0n) is 32.8. The quantitative estimate of drug-likeness (QED) is 0.323. The van der Waals surface area contributed by atoms with E-state index >= 15 is 0 Å². The van der Waals surface area contributed by atoms with Crippen molar-refractivity contribution >= 4 is 40.1 Å². The smallest absolute Gasteiger partial charge is 0.263 e. The molecule has 1 spiro atoms. The molecule has 6 atom stereocenters. The predicted octanol–water partition coefficient (Wildman–Crippen LogP) is 6.40. The second kappa shape index (κ2) is 19.0. The van der Waals surface area contributed by atoms with Gasteiger partial charge in [0.05, 0.1) is 43.9 Å². The summed E-state index contributed by atoms with van der Waals surface area (Å²) in [6.45, 7) is 12.8. The lowest BCUT2D eigenvalue weighted by atomic mass is 9.70. The molecule has 0 aromatic heterocycles. The number of halogens is 1. The van der Waals surface area contributed by atoms with E-state index < -0.39 is 11.0 Å². The van der Waals surface area contributed by atoms with Crippen molar-refractivity contribution in [2.45, 2.75) is 95.3 Å². The first-order valence-electron chi connectivity index (χ1n) is 20.2. The number of anilines is 1. The van der Waals surface area contributed by atoms with Crippen molar-refractivity contribution in [2.24, 2.45) is 11.8 Å². The zero-order valence-corrected chi connectivity index (χ0v) is 34.4. The molecular formula is C42H61ClN4O6S.